The number of morpholine rings is 1. The van der Waals surface area contributed by atoms with Gasteiger partial charge >= 0.3 is 5.97 Å². The van der Waals surface area contributed by atoms with E-state index in [9.17, 15) is 18.0 Å². The fraction of sp³-hybridized carbons (Fsp3) is 0.429. The van der Waals surface area contributed by atoms with E-state index in [4.69, 9.17) is 9.84 Å². The summed E-state index contributed by atoms with van der Waals surface area (Å²) in [6, 6.07) is 4.47. The molecule has 2 N–H and O–H groups in total. The number of sulfonamides is 1. The van der Waals surface area contributed by atoms with Gasteiger partial charge in [-0.15, -0.1) is 0 Å². The molecule has 0 spiro atoms. The second-order valence-electron chi connectivity index (χ2n) is 5.08. The third kappa shape index (κ3) is 4.06. The van der Waals surface area contributed by atoms with E-state index in [1.807, 2.05) is 0 Å². The lowest BCUT2D eigenvalue weighted by Crippen LogP contribution is -2.41. The van der Waals surface area contributed by atoms with E-state index in [-0.39, 0.29) is 23.5 Å². The number of carboxylic acids is 1. The molecule has 1 aliphatic rings. The lowest BCUT2D eigenvalue weighted by atomic mass is 10.2. The van der Waals surface area contributed by atoms with Crippen molar-refractivity contribution in [1.29, 1.82) is 0 Å². The maximum atomic E-state index is 12.5. The summed E-state index contributed by atoms with van der Waals surface area (Å²) in [5.74, 6) is -1.81. The van der Waals surface area contributed by atoms with Gasteiger partial charge in [-0.05, 0) is 25.1 Å². The quantitative estimate of drug-likeness (QED) is 0.773. The molecule has 1 aliphatic heterocycles. The number of carbonyl (C=O) groups is 2. The molecule has 1 amide bonds. The molecule has 0 saturated carbocycles. The Morgan fingerprint density at radius 1 is 1.30 bits per heavy atom. The van der Waals surface area contributed by atoms with Crippen LogP contribution in [0.3, 0.4) is 0 Å². The number of nitrogens with one attached hydrogen (secondary N) is 1. The zero-order valence-corrected chi connectivity index (χ0v) is 13.4. The topological polar surface area (TPSA) is 113 Å². The smallest absolute Gasteiger partial charge is 0.325 e. The number of hydrogen-bond acceptors (Lipinski definition) is 5. The van der Waals surface area contributed by atoms with Crippen LogP contribution < -0.4 is 5.32 Å². The molecule has 1 atom stereocenters. The van der Waals surface area contributed by atoms with E-state index in [1.54, 1.807) is 0 Å². The van der Waals surface area contributed by atoms with Crippen LogP contribution in [0.15, 0.2) is 29.2 Å². The molecule has 1 fully saturated rings. The highest BCUT2D eigenvalue weighted by Gasteiger charge is 2.27. The Kier molecular flexibility index (Phi) is 5.34. The number of rotatable bonds is 5. The molecule has 0 aliphatic carbocycles. The summed E-state index contributed by atoms with van der Waals surface area (Å²) < 4.78 is 31.5. The number of carbonyl (C=O) groups excluding carboxylic acids is 1. The van der Waals surface area contributed by atoms with Crippen molar-refractivity contribution in [2.75, 3.05) is 26.3 Å². The predicted molar refractivity (Wildman–Crippen MR) is 80.6 cm³/mol. The zero-order valence-electron chi connectivity index (χ0n) is 12.6. The van der Waals surface area contributed by atoms with Crippen LogP contribution in [0.1, 0.15) is 17.3 Å². The second kappa shape index (κ2) is 7.07. The van der Waals surface area contributed by atoms with Gasteiger partial charge in [0.1, 0.15) is 6.04 Å². The van der Waals surface area contributed by atoms with Crippen LogP contribution in [-0.2, 0) is 19.6 Å². The van der Waals surface area contributed by atoms with Crippen molar-refractivity contribution in [3.05, 3.63) is 29.8 Å². The van der Waals surface area contributed by atoms with Crippen molar-refractivity contribution in [2.24, 2.45) is 0 Å². The zero-order chi connectivity index (χ0) is 17.0. The molecule has 1 heterocycles. The molecule has 8 nitrogen and oxygen atoms in total. The highest BCUT2D eigenvalue weighted by Crippen LogP contribution is 2.18. The highest BCUT2D eigenvalue weighted by molar-refractivity contribution is 7.89. The average molecular weight is 342 g/mol. The monoisotopic (exact) mass is 342 g/mol. The minimum Gasteiger partial charge on any atom is -0.480 e. The minimum absolute atomic E-state index is 0.00460. The molecule has 2 rings (SSSR count). The normalized spacial score (nSPS) is 17.4. The molecular weight excluding hydrogens is 324 g/mol. The van der Waals surface area contributed by atoms with Gasteiger partial charge in [-0.2, -0.15) is 4.31 Å². The third-order valence-corrected chi connectivity index (χ3v) is 5.32. The Labute approximate surface area is 134 Å². The first-order chi connectivity index (χ1) is 10.8. The molecule has 0 unspecified atom stereocenters. The average Bonchev–Trinajstić information content (AvgIpc) is 2.55. The van der Waals surface area contributed by atoms with E-state index in [1.165, 1.54) is 35.5 Å². The Hall–Kier alpha value is -1.97. The van der Waals surface area contributed by atoms with Crippen molar-refractivity contribution in [3.63, 3.8) is 0 Å². The third-order valence-electron chi connectivity index (χ3n) is 3.42. The van der Waals surface area contributed by atoms with E-state index < -0.39 is 27.9 Å². The van der Waals surface area contributed by atoms with Crippen LogP contribution in [0.2, 0.25) is 0 Å². The van der Waals surface area contributed by atoms with Crippen LogP contribution in [-0.4, -0.2) is 62.1 Å². The van der Waals surface area contributed by atoms with Crippen LogP contribution in [0, 0.1) is 0 Å². The number of hydrogen-bond donors (Lipinski definition) is 2. The minimum atomic E-state index is -3.71. The number of carboxylic acid groups (broad SMARTS) is 1. The maximum absolute atomic E-state index is 12.5. The Balaban J connectivity index is 2.22. The maximum Gasteiger partial charge on any atom is 0.325 e. The first-order valence-corrected chi connectivity index (χ1v) is 8.48. The van der Waals surface area contributed by atoms with Gasteiger partial charge in [0, 0.05) is 18.7 Å². The van der Waals surface area contributed by atoms with Gasteiger partial charge in [0.2, 0.25) is 10.0 Å². The molecular formula is C14H18N2O6S. The molecule has 1 aromatic carbocycles. The molecule has 1 aromatic rings. The molecule has 126 valence electrons. The summed E-state index contributed by atoms with van der Waals surface area (Å²) >= 11 is 0. The number of aliphatic carboxylic acids is 1. The summed E-state index contributed by atoms with van der Waals surface area (Å²) in [6.07, 6.45) is 0. The van der Waals surface area contributed by atoms with E-state index in [0.717, 1.165) is 0 Å². The van der Waals surface area contributed by atoms with E-state index >= 15 is 0 Å². The first-order valence-electron chi connectivity index (χ1n) is 7.04. The van der Waals surface area contributed by atoms with Gasteiger partial charge in [-0.1, -0.05) is 6.07 Å². The predicted octanol–water partition coefficient (Wildman–Crippen LogP) is -0.0896. The summed E-state index contributed by atoms with van der Waals surface area (Å²) in [6.45, 7) is 2.50. The summed E-state index contributed by atoms with van der Waals surface area (Å²) in [4.78, 5) is 22.8. The molecule has 0 radical (unpaired) electrons. The van der Waals surface area contributed by atoms with Crippen LogP contribution >= 0.6 is 0 Å². The fourth-order valence-corrected chi connectivity index (χ4v) is 3.53. The second-order valence-corrected chi connectivity index (χ2v) is 7.02. The van der Waals surface area contributed by atoms with Crippen molar-refractivity contribution in [2.45, 2.75) is 17.9 Å². The standard InChI is InChI=1S/C14H18N2O6S/c1-10(14(18)19)15-13(17)11-3-2-4-12(9-11)23(20,21)16-5-7-22-8-6-16/h2-4,9-10H,5-8H2,1H3,(H,15,17)(H,18,19)/t10-/m0/s1. The van der Waals surface area contributed by atoms with Gasteiger partial charge in [0.05, 0.1) is 18.1 Å². The van der Waals surface area contributed by atoms with Gasteiger partial charge in [0.25, 0.3) is 5.91 Å². The van der Waals surface area contributed by atoms with Crippen LogP contribution in [0.5, 0.6) is 0 Å². The van der Waals surface area contributed by atoms with Gasteiger partial charge in [0.15, 0.2) is 0 Å². The van der Waals surface area contributed by atoms with E-state index in [2.05, 4.69) is 5.32 Å². The molecule has 23 heavy (non-hydrogen) atoms. The summed E-state index contributed by atoms with van der Waals surface area (Å²) in [5, 5.41) is 11.1. The molecule has 1 saturated heterocycles. The number of nitrogens with zero attached hydrogens (tertiary/aromatic N) is 1. The van der Waals surface area contributed by atoms with E-state index in [0.29, 0.717) is 13.2 Å². The largest absolute Gasteiger partial charge is 0.480 e. The Bertz CT molecular complexity index is 697. The van der Waals surface area contributed by atoms with Crippen molar-refractivity contribution < 1.29 is 27.9 Å². The Morgan fingerprint density at radius 3 is 2.57 bits per heavy atom. The molecule has 0 bridgehead atoms. The number of benzene rings is 1. The Morgan fingerprint density at radius 2 is 1.96 bits per heavy atom. The van der Waals surface area contributed by atoms with Crippen molar-refractivity contribution in [3.8, 4) is 0 Å². The van der Waals surface area contributed by atoms with Gasteiger partial charge < -0.3 is 15.2 Å². The van der Waals surface area contributed by atoms with Crippen molar-refractivity contribution in [1.82, 2.24) is 9.62 Å². The van der Waals surface area contributed by atoms with Crippen LogP contribution in [0.25, 0.3) is 0 Å². The van der Waals surface area contributed by atoms with Crippen LogP contribution in [0.4, 0.5) is 0 Å². The summed E-state index contributed by atoms with van der Waals surface area (Å²) in [5.41, 5.74) is 0.0902. The molecule has 0 aromatic heterocycles. The highest BCUT2D eigenvalue weighted by atomic mass is 32.2. The number of amides is 1. The SMILES string of the molecule is C[C@H](NC(=O)c1cccc(S(=O)(=O)N2CCOCC2)c1)C(=O)O. The molecule has 9 heteroatoms. The lowest BCUT2D eigenvalue weighted by molar-refractivity contribution is -0.138. The van der Waals surface area contributed by atoms with Gasteiger partial charge in [-0.25, -0.2) is 8.42 Å². The number of ether oxygens (including phenoxy) is 1. The fourth-order valence-electron chi connectivity index (χ4n) is 2.08. The lowest BCUT2D eigenvalue weighted by Gasteiger charge is -2.26. The van der Waals surface area contributed by atoms with Gasteiger partial charge in [-0.3, -0.25) is 9.59 Å². The van der Waals surface area contributed by atoms with Crippen molar-refractivity contribution >= 4 is 21.9 Å². The first kappa shape index (κ1) is 17.4. The summed E-state index contributed by atoms with van der Waals surface area (Å²) in [7, 11) is -3.71.